The zero-order valence-electron chi connectivity index (χ0n) is 9.07. The number of aromatic nitrogens is 1. The summed E-state index contributed by atoms with van der Waals surface area (Å²) in [5.41, 5.74) is 2.40. The summed E-state index contributed by atoms with van der Waals surface area (Å²) in [5, 5.41) is 0. The first-order valence-electron chi connectivity index (χ1n) is 5.18. The van der Waals surface area contributed by atoms with Gasteiger partial charge < -0.3 is 0 Å². The second-order valence-electron chi connectivity index (χ2n) is 3.01. The monoisotopic (exact) mass is 187 g/mol. The third-order valence-electron chi connectivity index (χ3n) is 2.13. The summed E-state index contributed by atoms with van der Waals surface area (Å²) in [5.74, 6) is 0.476. The molecule has 0 unspecified atom stereocenters. The van der Waals surface area contributed by atoms with Crippen LogP contribution in [0.15, 0.2) is 36.6 Å². The fraction of sp³-hybridized carbons (Fsp3) is 0.308. The maximum absolute atomic E-state index is 4.30. The molecule has 74 valence electrons. The highest BCUT2D eigenvalue weighted by Crippen LogP contribution is 2.22. The van der Waals surface area contributed by atoms with Crippen LogP contribution in [0.1, 0.15) is 37.9 Å². The van der Waals surface area contributed by atoms with Crippen molar-refractivity contribution in [1.29, 1.82) is 0 Å². The van der Waals surface area contributed by atoms with Gasteiger partial charge in [-0.05, 0) is 17.7 Å². The molecule has 1 aromatic heterocycles. The minimum atomic E-state index is 0.476. The van der Waals surface area contributed by atoms with Crippen LogP contribution in [0.3, 0.4) is 0 Å². The molecule has 1 aromatic rings. The van der Waals surface area contributed by atoms with Gasteiger partial charge in [-0.3, -0.25) is 4.98 Å². The molecule has 0 spiro atoms. The van der Waals surface area contributed by atoms with Gasteiger partial charge in [0.05, 0.1) is 5.69 Å². The Labute approximate surface area is 86.2 Å². The number of nitrogens with zero attached hydrogens (tertiary/aromatic N) is 1. The van der Waals surface area contributed by atoms with E-state index in [0.717, 1.165) is 5.69 Å². The molecule has 1 heterocycles. The van der Waals surface area contributed by atoms with E-state index in [9.17, 15) is 0 Å². The van der Waals surface area contributed by atoms with E-state index >= 15 is 0 Å². The number of hydrogen-bond acceptors (Lipinski definition) is 1. The summed E-state index contributed by atoms with van der Waals surface area (Å²) in [6, 6.07) is 4.12. The first kappa shape index (κ1) is 10.7. The van der Waals surface area contributed by atoms with Gasteiger partial charge in [0, 0.05) is 12.1 Å². The lowest BCUT2D eigenvalue weighted by Gasteiger charge is -2.07. The molecule has 0 fully saturated rings. The molecule has 0 aromatic carbocycles. The highest BCUT2D eigenvalue weighted by molar-refractivity contribution is 5.54. The predicted molar refractivity (Wildman–Crippen MR) is 62.2 cm³/mol. The second-order valence-corrected chi connectivity index (χ2v) is 3.01. The topological polar surface area (TPSA) is 12.9 Å². The van der Waals surface area contributed by atoms with E-state index in [1.54, 1.807) is 0 Å². The SMILES string of the molecule is CC.C[C@H]1C=CC=Cc2ncccc21. The number of pyridine rings is 1. The van der Waals surface area contributed by atoms with Crippen molar-refractivity contribution >= 4 is 6.08 Å². The Kier molecular flexibility index (Phi) is 4.11. The van der Waals surface area contributed by atoms with Crippen LogP contribution in [0.25, 0.3) is 6.08 Å². The smallest absolute Gasteiger partial charge is 0.0667 e. The van der Waals surface area contributed by atoms with Crippen molar-refractivity contribution in [3.63, 3.8) is 0 Å². The van der Waals surface area contributed by atoms with E-state index < -0.39 is 0 Å². The van der Waals surface area contributed by atoms with Crippen LogP contribution < -0.4 is 0 Å². The Morgan fingerprint density at radius 2 is 2.00 bits per heavy atom. The number of fused-ring (bicyclic) bond motifs is 1. The predicted octanol–water partition coefficient (Wildman–Crippen LogP) is 3.79. The Hall–Kier alpha value is -1.37. The quantitative estimate of drug-likeness (QED) is 0.602. The summed E-state index contributed by atoms with van der Waals surface area (Å²) in [6.45, 7) is 6.18. The van der Waals surface area contributed by atoms with E-state index in [1.807, 2.05) is 32.2 Å². The maximum atomic E-state index is 4.30. The lowest BCUT2D eigenvalue weighted by atomic mass is 10.0. The fourth-order valence-corrected chi connectivity index (χ4v) is 1.44. The van der Waals surface area contributed by atoms with Gasteiger partial charge in [-0.15, -0.1) is 0 Å². The van der Waals surface area contributed by atoms with Gasteiger partial charge in [0.1, 0.15) is 0 Å². The molecule has 0 bridgehead atoms. The second kappa shape index (κ2) is 5.38. The summed E-state index contributed by atoms with van der Waals surface area (Å²) >= 11 is 0. The molecule has 0 radical (unpaired) electrons. The Bertz CT molecular complexity index is 337. The first-order chi connectivity index (χ1) is 6.88. The fourth-order valence-electron chi connectivity index (χ4n) is 1.44. The standard InChI is InChI=1S/C11H11N.C2H6/c1-9-5-2-3-7-11-10(9)6-4-8-12-11;1-2/h2-9H,1H3;1-2H3/t9-;/m0./s1. The van der Waals surface area contributed by atoms with Gasteiger partial charge in [0.2, 0.25) is 0 Å². The highest BCUT2D eigenvalue weighted by atomic mass is 14.7. The van der Waals surface area contributed by atoms with Crippen molar-refractivity contribution in [2.45, 2.75) is 26.7 Å². The lowest BCUT2D eigenvalue weighted by Crippen LogP contribution is -1.93. The number of allylic oxidation sites excluding steroid dienone is 3. The zero-order valence-corrected chi connectivity index (χ0v) is 9.07. The summed E-state index contributed by atoms with van der Waals surface area (Å²) < 4.78 is 0. The van der Waals surface area contributed by atoms with E-state index in [2.05, 4.69) is 36.2 Å². The number of rotatable bonds is 0. The van der Waals surface area contributed by atoms with Crippen LogP contribution in [0.5, 0.6) is 0 Å². The largest absolute Gasteiger partial charge is 0.257 e. The van der Waals surface area contributed by atoms with Gasteiger partial charge in [0.25, 0.3) is 0 Å². The lowest BCUT2D eigenvalue weighted by molar-refractivity contribution is 0.950. The third-order valence-corrected chi connectivity index (χ3v) is 2.13. The van der Waals surface area contributed by atoms with E-state index in [1.165, 1.54) is 5.56 Å². The van der Waals surface area contributed by atoms with Crippen LogP contribution >= 0.6 is 0 Å². The van der Waals surface area contributed by atoms with Crippen molar-refractivity contribution in [1.82, 2.24) is 4.98 Å². The molecule has 0 N–H and O–H groups in total. The molecule has 1 aliphatic carbocycles. The van der Waals surface area contributed by atoms with Crippen molar-refractivity contribution in [3.05, 3.63) is 47.8 Å². The molecule has 0 aliphatic heterocycles. The molecule has 1 heteroatoms. The normalized spacial score (nSPS) is 17.8. The Morgan fingerprint density at radius 1 is 1.21 bits per heavy atom. The average Bonchev–Trinajstić information content (AvgIpc) is 2.45. The van der Waals surface area contributed by atoms with E-state index in [-0.39, 0.29) is 0 Å². The molecule has 2 rings (SSSR count). The molecule has 0 saturated heterocycles. The average molecular weight is 187 g/mol. The molecular weight excluding hydrogens is 170 g/mol. The minimum absolute atomic E-state index is 0.476. The summed E-state index contributed by atoms with van der Waals surface area (Å²) in [7, 11) is 0. The van der Waals surface area contributed by atoms with Gasteiger partial charge in [-0.2, -0.15) is 0 Å². The number of hydrogen-bond donors (Lipinski definition) is 0. The van der Waals surface area contributed by atoms with E-state index in [0.29, 0.717) is 5.92 Å². The van der Waals surface area contributed by atoms with Crippen LogP contribution in [-0.4, -0.2) is 4.98 Å². The zero-order chi connectivity index (χ0) is 10.4. The minimum Gasteiger partial charge on any atom is -0.257 e. The van der Waals surface area contributed by atoms with E-state index in [4.69, 9.17) is 0 Å². The van der Waals surface area contributed by atoms with Gasteiger partial charge in [0.15, 0.2) is 0 Å². The van der Waals surface area contributed by atoms with Gasteiger partial charge in [-0.25, -0.2) is 0 Å². The van der Waals surface area contributed by atoms with Crippen LogP contribution in [0, 0.1) is 0 Å². The summed E-state index contributed by atoms with van der Waals surface area (Å²) in [4.78, 5) is 4.30. The maximum Gasteiger partial charge on any atom is 0.0667 e. The molecular formula is C13H17N. The van der Waals surface area contributed by atoms with Gasteiger partial charge in [-0.1, -0.05) is 45.1 Å². The third kappa shape index (κ3) is 2.32. The Morgan fingerprint density at radius 3 is 2.79 bits per heavy atom. The molecule has 1 nitrogen and oxygen atoms in total. The van der Waals surface area contributed by atoms with Crippen molar-refractivity contribution in [2.75, 3.05) is 0 Å². The highest BCUT2D eigenvalue weighted by Gasteiger charge is 2.07. The summed E-state index contributed by atoms with van der Waals surface area (Å²) in [6.07, 6.45) is 10.2. The van der Waals surface area contributed by atoms with Crippen molar-refractivity contribution in [3.8, 4) is 0 Å². The molecule has 1 aliphatic rings. The van der Waals surface area contributed by atoms with Crippen LogP contribution in [0.2, 0.25) is 0 Å². The van der Waals surface area contributed by atoms with Gasteiger partial charge >= 0.3 is 0 Å². The molecule has 0 amide bonds. The molecule has 1 atom stereocenters. The molecule has 14 heavy (non-hydrogen) atoms. The van der Waals surface area contributed by atoms with Crippen LogP contribution in [0.4, 0.5) is 0 Å². The molecule has 0 saturated carbocycles. The van der Waals surface area contributed by atoms with Crippen molar-refractivity contribution in [2.24, 2.45) is 0 Å². The Balaban J connectivity index is 0.000000461. The van der Waals surface area contributed by atoms with Crippen LogP contribution in [-0.2, 0) is 0 Å². The van der Waals surface area contributed by atoms with Crippen molar-refractivity contribution < 1.29 is 0 Å². The first-order valence-corrected chi connectivity index (χ1v) is 5.18.